The molecule has 6 nitrogen and oxygen atoms in total. The monoisotopic (exact) mass is 236 g/mol. The Morgan fingerprint density at radius 3 is 3.18 bits per heavy atom. The molecule has 92 valence electrons. The molecule has 0 aliphatic carbocycles. The summed E-state index contributed by atoms with van der Waals surface area (Å²) >= 11 is 0. The molecule has 6 heteroatoms. The van der Waals surface area contributed by atoms with Crippen LogP contribution in [0.25, 0.3) is 0 Å². The van der Waals surface area contributed by atoms with Crippen molar-refractivity contribution in [1.82, 2.24) is 20.0 Å². The number of methoxy groups -OCH3 is 1. The van der Waals surface area contributed by atoms with Gasteiger partial charge in [-0.15, -0.1) is 0 Å². The average Bonchev–Trinajstić information content (AvgIpc) is 2.97. The van der Waals surface area contributed by atoms with Gasteiger partial charge in [0.25, 0.3) is 0 Å². The number of hydrogen-bond donors (Lipinski definition) is 1. The summed E-state index contributed by atoms with van der Waals surface area (Å²) in [6.07, 6.45) is 5.35. The quantitative estimate of drug-likeness (QED) is 0.715. The molecule has 2 aromatic rings. The zero-order valence-electron chi connectivity index (χ0n) is 9.80. The van der Waals surface area contributed by atoms with E-state index < -0.39 is 0 Å². The minimum absolute atomic E-state index is 0.654. The molecule has 0 aromatic carbocycles. The van der Waals surface area contributed by atoms with Gasteiger partial charge < -0.3 is 19.1 Å². The van der Waals surface area contributed by atoms with Crippen LogP contribution in [0.15, 0.2) is 29.2 Å². The van der Waals surface area contributed by atoms with Crippen LogP contribution >= 0.6 is 0 Å². The van der Waals surface area contributed by atoms with Crippen LogP contribution in [0.4, 0.5) is 0 Å². The summed E-state index contributed by atoms with van der Waals surface area (Å²) in [6.45, 7) is 2.88. The van der Waals surface area contributed by atoms with Crippen LogP contribution in [0.5, 0.6) is 0 Å². The molecule has 0 aliphatic rings. The molecule has 0 radical (unpaired) electrons. The summed E-state index contributed by atoms with van der Waals surface area (Å²) in [6, 6.07) is 1.85. The molecule has 0 amide bonds. The van der Waals surface area contributed by atoms with Crippen molar-refractivity contribution in [2.24, 2.45) is 0 Å². The number of nitrogens with one attached hydrogen (secondary N) is 1. The van der Waals surface area contributed by atoms with E-state index in [9.17, 15) is 0 Å². The number of hydrogen-bond acceptors (Lipinski definition) is 5. The third-order valence-electron chi connectivity index (χ3n) is 2.39. The third kappa shape index (κ3) is 3.40. The topological polar surface area (TPSA) is 65.1 Å². The van der Waals surface area contributed by atoms with Crippen molar-refractivity contribution in [3.63, 3.8) is 0 Å². The summed E-state index contributed by atoms with van der Waals surface area (Å²) < 4.78 is 12.1. The maximum atomic E-state index is 5.07. The molecule has 0 fully saturated rings. The molecular weight excluding hydrogens is 220 g/mol. The van der Waals surface area contributed by atoms with E-state index in [0.717, 1.165) is 18.1 Å². The van der Waals surface area contributed by atoms with Gasteiger partial charge in [-0.3, -0.25) is 0 Å². The van der Waals surface area contributed by atoms with E-state index in [0.29, 0.717) is 19.7 Å². The van der Waals surface area contributed by atoms with Gasteiger partial charge in [0.2, 0.25) is 0 Å². The minimum atomic E-state index is 0.654. The summed E-state index contributed by atoms with van der Waals surface area (Å²) in [5.74, 6) is 1.79. The summed E-state index contributed by atoms with van der Waals surface area (Å²) in [5.41, 5.74) is 0. The number of rotatable bonds is 7. The molecule has 2 aromatic heterocycles. The molecular formula is C11H16N4O2. The van der Waals surface area contributed by atoms with Crippen molar-refractivity contribution in [2.75, 3.05) is 20.3 Å². The molecule has 0 bridgehead atoms. The number of ether oxygens (including phenoxy) is 1. The maximum absolute atomic E-state index is 5.07. The van der Waals surface area contributed by atoms with Crippen LogP contribution in [0.2, 0.25) is 0 Å². The van der Waals surface area contributed by atoms with Crippen molar-refractivity contribution in [1.29, 1.82) is 0 Å². The van der Waals surface area contributed by atoms with Crippen LogP contribution in [-0.4, -0.2) is 35.0 Å². The van der Waals surface area contributed by atoms with Crippen LogP contribution in [0, 0.1) is 0 Å². The Bertz CT molecular complexity index is 424. The van der Waals surface area contributed by atoms with E-state index in [2.05, 4.69) is 15.5 Å². The summed E-state index contributed by atoms with van der Waals surface area (Å²) in [5, 5.41) is 6.93. The first-order valence-electron chi connectivity index (χ1n) is 5.49. The van der Waals surface area contributed by atoms with Gasteiger partial charge in [-0.1, -0.05) is 5.16 Å². The number of imidazole rings is 1. The van der Waals surface area contributed by atoms with E-state index in [1.54, 1.807) is 19.5 Å². The van der Waals surface area contributed by atoms with E-state index in [1.807, 2.05) is 16.8 Å². The zero-order valence-corrected chi connectivity index (χ0v) is 9.80. The van der Waals surface area contributed by atoms with Crippen molar-refractivity contribution in [2.45, 2.75) is 13.1 Å². The lowest BCUT2D eigenvalue weighted by molar-refractivity contribution is 0.199. The zero-order chi connectivity index (χ0) is 11.9. The van der Waals surface area contributed by atoms with Gasteiger partial charge >= 0.3 is 0 Å². The normalized spacial score (nSPS) is 10.9. The molecule has 0 spiro atoms. The summed E-state index contributed by atoms with van der Waals surface area (Å²) in [4.78, 5) is 4.29. The van der Waals surface area contributed by atoms with E-state index in [1.165, 1.54) is 0 Å². The van der Waals surface area contributed by atoms with Crippen molar-refractivity contribution in [3.8, 4) is 0 Å². The average molecular weight is 236 g/mol. The first-order chi connectivity index (χ1) is 8.40. The Hall–Kier alpha value is -1.66. The predicted octanol–water partition coefficient (Wildman–Crippen LogP) is 0.655. The second-order valence-electron chi connectivity index (χ2n) is 3.62. The number of aromatic nitrogens is 3. The highest BCUT2D eigenvalue weighted by Gasteiger charge is 2.04. The van der Waals surface area contributed by atoms with E-state index in [-0.39, 0.29) is 0 Å². The first kappa shape index (κ1) is 11.8. The lowest BCUT2D eigenvalue weighted by Gasteiger charge is -2.06. The van der Waals surface area contributed by atoms with E-state index >= 15 is 0 Å². The van der Waals surface area contributed by atoms with Gasteiger partial charge in [0.15, 0.2) is 5.76 Å². The molecule has 2 rings (SSSR count). The Kier molecular flexibility index (Phi) is 4.29. The van der Waals surface area contributed by atoms with Crippen molar-refractivity contribution < 1.29 is 9.26 Å². The Balaban J connectivity index is 1.88. The standard InChI is InChI=1S/C11H16N4O2/c1-16-7-5-12-8-11-13-4-6-15(11)9-10-2-3-14-17-10/h2-4,6,12H,5,7-9H2,1H3. The Labute approximate surface area is 99.6 Å². The molecule has 0 unspecified atom stereocenters. The minimum Gasteiger partial charge on any atom is -0.383 e. The molecule has 0 saturated heterocycles. The SMILES string of the molecule is COCCNCc1nccn1Cc1ccno1. The lowest BCUT2D eigenvalue weighted by atomic mass is 10.4. The number of nitrogens with zero attached hydrogens (tertiary/aromatic N) is 3. The van der Waals surface area contributed by atoms with Gasteiger partial charge in [-0.05, 0) is 0 Å². The second kappa shape index (κ2) is 6.17. The fraction of sp³-hybridized carbons (Fsp3) is 0.455. The molecule has 2 heterocycles. The van der Waals surface area contributed by atoms with Gasteiger partial charge in [-0.2, -0.15) is 0 Å². The molecule has 0 saturated carbocycles. The van der Waals surface area contributed by atoms with Crippen molar-refractivity contribution >= 4 is 0 Å². The maximum Gasteiger partial charge on any atom is 0.156 e. The van der Waals surface area contributed by atoms with Crippen LogP contribution in [0.1, 0.15) is 11.6 Å². The first-order valence-corrected chi connectivity index (χ1v) is 5.49. The largest absolute Gasteiger partial charge is 0.383 e. The molecule has 0 aliphatic heterocycles. The fourth-order valence-corrected chi connectivity index (χ4v) is 1.52. The van der Waals surface area contributed by atoms with Gasteiger partial charge in [0.05, 0.1) is 25.9 Å². The highest BCUT2D eigenvalue weighted by Crippen LogP contribution is 2.04. The molecule has 0 atom stereocenters. The van der Waals surface area contributed by atoms with Gasteiger partial charge in [-0.25, -0.2) is 4.98 Å². The van der Waals surface area contributed by atoms with Crippen LogP contribution in [-0.2, 0) is 17.8 Å². The van der Waals surface area contributed by atoms with Crippen molar-refractivity contribution in [3.05, 3.63) is 36.2 Å². The second-order valence-corrected chi connectivity index (χ2v) is 3.62. The predicted molar refractivity (Wildman–Crippen MR) is 61.4 cm³/mol. The summed E-state index contributed by atoms with van der Waals surface area (Å²) in [7, 11) is 1.69. The smallest absolute Gasteiger partial charge is 0.156 e. The van der Waals surface area contributed by atoms with Gasteiger partial charge in [0, 0.05) is 32.1 Å². The molecule has 17 heavy (non-hydrogen) atoms. The van der Waals surface area contributed by atoms with Gasteiger partial charge in [0.1, 0.15) is 5.82 Å². The highest BCUT2D eigenvalue weighted by molar-refractivity contribution is 4.99. The Morgan fingerprint density at radius 2 is 2.41 bits per heavy atom. The molecule has 1 N–H and O–H groups in total. The Morgan fingerprint density at radius 1 is 1.47 bits per heavy atom. The third-order valence-corrected chi connectivity index (χ3v) is 2.39. The highest BCUT2D eigenvalue weighted by atomic mass is 16.5. The van der Waals surface area contributed by atoms with E-state index in [4.69, 9.17) is 9.26 Å². The van der Waals surface area contributed by atoms with Crippen LogP contribution in [0.3, 0.4) is 0 Å². The fourth-order valence-electron chi connectivity index (χ4n) is 1.52. The lowest BCUT2D eigenvalue weighted by Crippen LogP contribution is -2.21. The van der Waals surface area contributed by atoms with Crippen LogP contribution < -0.4 is 5.32 Å².